The molecule has 5 heteroatoms. The lowest BCUT2D eigenvalue weighted by Crippen LogP contribution is -2.18. The molecule has 2 aliphatic rings. The lowest BCUT2D eigenvalue weighted by Gasteiger charge is -2.20. The van der Waals surface area contributed by atoms with Gasteiger partial charge in [-0.1, -0.05) is 18.6 Å². The number of ether oxygens (including phenoxy) is 2. The van der Waals surface area contributed by atoms with Gasteiger partial charge in [-0.2, -0.15) is 0 Å². The molecule has 2 fully saturated rings. The van der Waals surface area contributed by atoms with Crippen LogP contribution in [0.1, 0.15) is 42.5 Å². The van der Waals surface area contributed by atoms with Crippen LogP contribution in [-0.4, -0.2) is 19.0 Å². The molecule has 146 valence electrons. The van der Waals surface area contributed by atoms with Gasteiger partial charge in [-0.3, -0.25) is 9.59 Å². The summed E-state index contributed by atoms with van der Waals surface area (Å²) in [6.45, 7) is 0. The van der Waals surface area contributed by atoms with Crippen LogP contribution >= 0.6 is 0 Å². The molecular formula is C23H25NO4. The van der Waals surface area contributed by atoms with E-state index in [4.69, 9.17) is 9.47 Å². The number of anilines is 1. The monoisotopic (exact) mass is 379 g/mol. The highest BCUT2D eigenvalue weighted by molar-refractivity contribution is 6.06. The zero-order chi connectivity index (χ0) is 19.5. The zero-order valence-electron chi connectivity index (χ0n) is 16.0. The minimum absolute atomic E-state index is 0.164. The number of carbonyl (C=O) groups is 2. The summed E-state index contributed by atoms with van der Waals surface area (Å²) < 4.78 is 10.7. The molecule has 2 aromatic rings. The molecule has 2 saturated carbocycles. The summed E-state index contributed by atoms with van der Waals surface area (Å²) in [5, 5.41) is 2.83. The Hall–Kier alpha value is -2.82. The summed E-state index contributed by atoms with van der Waals surface area (Å²) in [6.07, 6.45) is 5.57. The third-order valence-corrected chi connectivity index (χ3v) is 6.01. The van der Waals surface area contributed by atoms with E-state index in [9.17, 15) is 9.59 Å². The molecule has 2 aromatic carbocycles. The van der Waals surface area contributed by atoms with E-state index >= 15 is 0 Å². The van der Waals surface area contributed by atoms with Gasteiger partial charge in [0.2, 0.25) is 0 Å². The summed E-state index contributed by atoms with van der Waals surface area (Å²) in [5.74, 6) is 2.64. The molecule has 1 amide bonds. The number of hydrogen-bond acceptors (Lipinski definition) is 4. The SMILES string of the molecule is COc1ccccc1C(=O)Nc1ccc(OC(=O)CC2CC3CCC2C3)cc1. The normalized spacial score (nSPS) is 22.7. The third-order valence-electron chi connectivity index (χ3n) is 6.01. The number of para-hydroxylation sites is 1. The minimum atomic E-state index is -0.251. The van der Waals surface area contributed by atoms with E-state index in [1.54, 1.807) is 42.5 Å². The number of methoxy groups -OCH3 is 1. The number of hydrogen-bond donors (Lipinski definition) is 1. The van der Waals surface area contributed by atoms with Crippen LogP contribution in [0.4, 0.5) is 5.69 Å². The molecule has 28 heavy (non-hydrogen) atoms. The molecule has 0 spiro atoms. The molecule has 0 aliphatic heterocycles. The van der Waals surface area contributed by atoms with E-state index in [0.29, 0.717) is 41.0 Å². The number of fused-ring (bicyclic) bond motifs is 2. The van der Waals surface area contributed by atoms with E-state index < -0.39 is 0 Å². The Balaban J connectivity index is 1.32. The highest BCUT2D eigenvalue weighted by atomic mass is 16.5. The number of nitrogens with one attached hydrogen (secondary N) is 1. The fourth-order valence-electron chi connectivity index (χ4n) is 4.65. The van der Waals surface area contributed by atoms with Gasteiger partial charge in [0, 0.05) is 12.1 Å². The molecule has 5 nitrogen and oxygen atoms in total. The number of benzene rings is 2. The van der Waals surface area contributed by atoms with Crippen LogP contribution in [0.15, 0.2) is 48.5 Å². The molecule has 3 atom stereocenters. The van der Waals surface area contributed by atoms with Crippen LogP contribution in [0.3, 0.4) is 0 Å². The van der Waals surface area contributed by atoms with Crippen molar-refractivity contribution in [2.45, 2.75) is 32.1 Å². The van der Waals surface area contributed by atoms with E-state index in [1.165, 1.54) is 32.8 Å². The Morgan fingerprint density at radius 3 is 2.50 bits per heavy atom. The minimum Gasteiger partial charge on any atom is -0.496 e. The van der Waals surface area contributed by atoms with Gasteiger partial charge in [-0.25, -0.2) is 0 Å². The summed E-state index contributed by atoms with van der Waals surface area (Å²) in [6, 6.07) is 13.9. The number of esters is 1. The lowest BCUT2D eigenvalue weighted by molar-refractivity contribution is -0.135. The van der Waals surface area contributed by atoms with Gasteiger partial charge in [0.15, 0.2) is 0 Å². The summed E-state index contributed by atoms with van der Waals surface area (Å²) in [4.78, 5) is 24.7. The first-order valence-corrected chi connectivity index (χ1v) is 9.87. The second kappa shape index (κ2) is 8.05. The molecule has 2 bridgehead atoms. The molecular weight excluding hydrogens is 354 g/mol. The molecule has 1 N–H and O–H groups in total. The predicted molar refractivity (Wildman–Crippen MR) is 107 cm³/mol. The van der Waals surface area contributed by atoms with E-state index in [1.807, 2.05) is 6.07 Å². The fraction of sp³-hybridized carbons (Fsp3) is 0.391. The zero-order valence-corrected chi connectivity index (χ0v) is 16.0. The van der Waals surface area contributed by atoms with Crippen molar-refractivity contribution in [2.24, 2.45) is 17.8 Å². The van der Waals surface area contributed by atoms with Crippen LogP contribution in [-0.2, 0) is 4.79 Å². The molecule has 2 aliphatic carbocycles. The van der Waals surface area contributed by atoms with Crippen LogP contribution in [0.5, 0.6) is 11.5 Å². The van der Waals surface area contributed by atoms with Crippen LogP contribution in [0.2, 0.25) is 0 Å². The highest BCUT2D eigenvalue weighted by Crippen LogP contribution is 2.49. The number of carbonyl (C=O) groups excluding carboxylic acids is 2. The fourth-order valence-corrected chi connectivity index (χ4v) is 4.65. The van der Waals surface area contributed by atoms with Crippen molar-refractivity contribution < 1.29 is 19.1 Å². The van der Waals surface area contributed by atoms with Crippen molar-refractivity contribution in [1.82, 2.24) is 0 Å². The molecule has 0 aromatic heterocycles. The Morgan fingerprint density at radius 1 is 1.04 bits per heavy atom. The van der Waals surface area contributed by atoms with E-state index in [0.717, 1.165) is 5.92 Å². The maximum atomic E-state index is 12.4. The summed E-state index contributed by atoms with van der Waals surface area (Å²) in [5.41, 5.74) is 1.09. The van der Waals surface area contributed by atoms with Gasteiger partial charge in [-0.15, -0.1) is 0 Å². The van der Waals surface area contributed by atoms with Crippen molar-refractivity contribution >= 4 is 17.6 Å². The van der Waals surface area contributed by atoms with Gasteiger partial charge in [0.05, 0.1) is 12.7 Å². The summed E-state index contributed by atoms with van der Waals surface area (Å²) in [7, 11) is 1.53. The van der Waals surface area contributed by atoms with Gasteiger partial charge in [-0.05, 0) is 73.4 Å². The largest absolute Gasteiger partial charge is 0.496 e. The summed E-state index contributed by atoms with van der Waals surface area (Å²) >= 11 is 0. The van der Waals surface area contributed by atoms with Crippen LogP contribution < -0.4 is 14.8 Å². The van der Waals surface area contributed by atoms with Gasteiger partial charge in [0.25, 0.3) is 5.91 Å². The predicted octanol–water partition coefficient (Wildman–Crippen LogP) is 4.68. The average molecular weight is 379 g/mol. The molecule has 3 unspecified atom stereocenters. The maximum Gasteiger partial charge on any atom is 0.311 e. The van der Waals surface area contributed by atoms with Gasteiger partial charge >= 0.3 is 5.97 Å². The Morgan fingerprint density at radius 2 is 1.82 bits per heavy atom. The quantitative estimate of drug-likeness (QED) is 0.585. The second-order valence-corrected chi connectivity index (χ2v) is 7.79. The molecule has 0 heterocycles. The van der Waals surface area contributed by atoms with Crippen molar-refractivity contribution in [3.8, 4) is 11.5 Å². The van der Waals surface area contributed by atoms with Crippen molar-refractivity contribution in [2.75, 3.05) is 12.4 Å². The Kier molecular flexibility index (Phi) is 5.33. The molecule has 0 radical (unpaired) electrons. The average Bonchev–Trinajstić information content (AvgIpc) is 3.32. The van der Waals surface area contributed by atoms with Crippen LogP contribution in [0.25, 0.3) is 0 Å². The van der Waals surface area contributed by atoms with Crippen molar-refractivity contribution in [3.05, 3.63) is 54.1 Å². The first kappa shape index (κ1) is 18.5. The lowest BCUT2D eigenvalue weighted by atomic mass is 9.86. The first-order valence-electron chi connectivity index (χ1n) is 9.87. The first-order chi connectivity index (χ1) is 13.6. The van der Waals surface area contributed by atoms with Gasteiger partial charge < -0.3 is 14.8 Å². The number of amides is 1. The highest BCUT2D eigenvalue weighted by Gasteiger charge is 2.40. The van der Waals surface area contributed by atoms with E-state index in [-0.39, 0.29) is 11.9 Å². The van der Waals surface area contributed by atoms with Crippen molar-refractivity contribution in [3.63, 3.8) is 0 Å². The molecule has 4 rings (SSSR count). The smallest absolute Gasteiger partial charge is 0.311 e. The van der Waals surface area contributed by atoms with Crippen LogP contribution in [0, 0.1) is 17.8 Å². The Labute approximate surface area is 165 Å². The maximum absolute atomic E-state index is 12.4. The Bertz CT molecular complexity index is 861. The topological polar surface area (TPSA) is 64.6 Å². The number of rotatable bonds is 6. The van der Waals surface area contributed by atoms with Gasteiger partial charge in [0.1, 0.15) is 11.5 Å². The second-order valence-electron chi connectivity index (χ2n) is 7.79. The standard InChI is InChI=1S/C23H25NO4/c1-27-21-5-3-2-4-20(21)23(26)24-18-8-10-19(11-9-18)28-22(25)14-17-13-15-6-7-16(17)12-15/h2-5,8-11,15-17H,6-7,12-14H2,1H3,(H,24,26). The van der Waals surface area contributed by atoms with E-state index in [2.05, 4.69) is 5.32 Å². The van der Waals surface area contributed by atoms with Crippen molar-refractivity contribution in [1.29, 1.82) is 0 Å². The molecule has 0 saturated heterocycles. The third kappa shape index (κ3) is 4.03.